The average molecular weight is 365 g/mol. The molecule has 0 aromatic rings. The highest BCUT2D eigenvalue weighted by Gasteiger charge is 2.42. The van der Waals surface area contributed by atoms with Gasteiger partial charge in [0.1, 0.15) is 0 Å². The lowest BCUT2D eigenvalue weighted by Gasteiger charge is -2.38. The van der Waals surface area contributed by atoms with Crippen LogP contribution in [0.3, 0.4) is 0 Å². The zero-order valence-corrected chi connectivity index (χ0v) is 16.3. The molecular formula is C20H36N4O2. The van der Waals surface area contributed by atoms with Gasteiger partial charge in [-0.15, -0.1) is 0 Å². The second-order valence-electron chi connectivity index (χ2n) is 8.19. The van der Waals surface area contributed by atoms with Crippen LogP contribution in [0.1, 0.15) is 57.8 Å². The van der Waals surface area contributed by atoms with Gasteiger partial charge in [0.25, 0.3) is 0 Å². The number of carbonyl (C=O) groups is 2. The van der Waals surface area contributed by atoms with Crippen molar-refractivity contribution < 1.29 is 9.59 Å². The van der Waals surface area contributed by atoms with Gasteiger partial charge < -0.3 is 15.5 Å². The second kappa shape index (κ2) is 9.70. The number of nitrogens with one attached hydrogen (secondary N) is 2. The number of amides is 2. The fourth-order valence-electron chi connectivity index (χ4n) is 5.10. The minimum absolute atomic E-state index is 0.0914. The first-order valence-electron chi connectivity index (χ1n) is 10.7. The molecule has 6 nitrogen and oxygen atoms in total. The Morgan fingerprint density at radius 1 is 0.962 bits per heavy atom. The van der Waals surface area contributed by atoms with Crippen molar-refractivity contribution in [1.82, 2.24) is 20.4 Å². The van der Waals surface area contributed by atoms with Crippen molar-refractivity contribution in [1.29, 1.82) is 0 Å². The van der Waals surface area contributed by atoms with E-state index in [9.17, 15) is 9.59 Å². The maximum absolute atomic E-state index is 12.8. The summed E-state index contributed by atoms with van der Waals surface area (Å²) in [6.07, 6.45) is 10.3. The molecule has 2 aliphatic heterocycles. The van der Waals surface area contributed by atoms with Crippen LogP contribution in [0.5, 0.6) is 0 Å². The molecule has 2 saturated heterocycles. The third kappa shape index (κ3) is 4.77. The first-order chi connectivity index (χ1) is 12.7. The molecule has 2 heterocycles. The molecule has 1 saturated carbocycles. The minimum Gasteiger partial charge on any atom is -0.358 e. The van der Waals surface area contributed by atoms with Crippen molar-refractivity contribution in [2.45, 2.75) is 69.9 Å². The van der Waals surface area contributed by atoms with Gasteiger partial charge in [-0.05, 0) is 64.1 Å². The SMILES string of the molecule is CNC(=O)C(C1CCCCC1)N1CCCC1C(=O)NCCN1CCCC1. The molecule has 2 unspecified atom stereocenters. The van der Waals surface area contributed by atoms with Crippen LogP contribution < -0.4 is 10.6 Å². The van der Waals surface area contributed by atoms with Gasteiger partial charge in [-0.1, -0.05) is 19.3 Å². The molecule has 6 heteroatoms. The summed E-state index contributed by atoms with van der Waals surface area (Å²) in [4.78, 5) is 30.1. The topological polar surface area (TPSA) is 64.7 Å². The predicted molar refractivity (Wildman–Crippen MR) is 103 cm³/mol. The van der Waals surface area contributed by atoms with E-state index >= 15 is 0 Å². The maximum atomic E-state index is 12.8. The molecule has 2 N–H and O–H groups in total. The normalized spacial score (nSPS) is 26.7. The van der Waals surface area contributed by atoms with Gasteiger partial charge in [-0.25, -0.2) is 0 Å². The standard InChI is InChI=1S/C20H36N4O2/c1-21-20(26)18(16-8-3-2-4-9-16)24-14-7-10-17(24)19(25)22-11-15-23-12-5-6-13-23/h16-18H,2-15H2,1H3,(H,21,26)(H,22,25). The molecule has 0 aromatic carbocycles. The summed E-state index contributed by atoms with van der Waals surface area (Å²) in [5.41, 5.74) is 0. The van der Waals surface area contributed by atoms with Crippen molar-refractivity contribution >= 4 is 11.8 Å². The molecule has 3 rings (SSSR count). The first-order valence-corrected chi connectivity index (χ1v) is 10.7. The quantitative estimate of drug-likeness (QED) is 0.716. The Morgan fingerprint density at radius 3 is 2.38 bits per heavy atom. The molecular weight excluding hydrogens is 328 g/mol. The van der Waals surface area contributed by atoms with Gasteiger partial charge in [-0.3, -0.25) is 14.5 Å². The van der Waals surface area contributed by atoms with E-state index in [1.165, 1.54) is 32.1 Å². The number of nitrogens with zero attached hydrogens (tertiary/aromatic N) is 2. The lowest BCUT2D eigenvalue weighted by Crippen LogP contribution is -2.56. The third-order valence-corrected chi connectivity index (χ3v) is 6.49. The Balaban J connectivity index is 1.58. The van der Waals surface area contributed by atoms with E-state index in [2.05, 4.69) is 20.4 Å². The molecule has 2 amide bonds. The largest absolute Gasteiger partial charge is 0.358 e. The summed E-state index contributed by atoms with van der Waals surface area (Å²) in [6.45, 7) is 4.84. The average Bonchev–Trinajstić information content (AvgIpc) is 3.35. The van der Waals surface area contributed by atoms with Gasteiger partial charge in [0.15, 0.2) is 0 Å². The summed E-state index contributed by atoms with van der Waals surface area (Å²) < 4.78 is 0. The number of rotatable bonds is 7. The predicted octanol–water partition coefficient (Wildman–Crippen LogP) is 1.36. The molecule has 0 spiro atoms. The van der Waals surface area contributed by atoms with Crippen LogP contribution in [0.15, 0.2) is 0 Å². The lowest BCUT2D eigenvalue weighted by atomic mass is 9.82. The highest BCUT2D eigenvalue weighted by Crippen LogP contribution is 2.33. The summed E-state index contributed by atoms with van der Waals surface area (Å²) in [5, 5.41) is 6.00. The number of hydrogen-bond acceptors (Lipinski definition) is 4. The Morgan fingerprint density at radius 2 is 1.69 bits per heavy atom. The van der Waals surface area contributed by atoms with E-state index in [0.29, 0.717) is 5.92 Å². The molecule has 2 atom stereocenters. The molecule has 148 valence electrons. The summed E-state index contributed by atoms with van der Waals surface area (Å²) in [6, 6.07) is -0.282. The zero-order valence-electron chi connectivity index (χ0n) is 16.3. The molecule has 0 radical (unpaired) electrons. The molecule has 3 aliphatic rings. The van der Waals surface area contributed by atoms with Gasteiger partial charge in [-0.2, -0.15) is 0 Å². The molecule has 1 aliphatic carbocycles. The Labute approximate surface area is 158 Å². The summed E-state index contributed by atoms with van der Waals surface area (Å²) >= 11 is 0. The van der Waals surface area contributed by atoms with Crippen molar-refractivity contribution in [3.05, 3.63) is 0 Å². The first kappa shape index (κ1) is 19.6. The van der Waals surface area contributed by atoms with Crippen LogP contribution >= 0.6 is 0 Å². The van der Waals surface area contributed by atoms with Gasteiger partial charge in [0, 0.05) is 20.1 Å². The Bertz CT molecular complexity index is 472. The molecule has 0 bridgehead atoms. The highest BCUT2D eigenvalue weighted by atomic mass is 16.2. The van der Waals surface area contributed by atoms with Crippen molar-refractivity contribution in [2.75, 3.05) is 39.8 Å². The van der Waals surface area contributed by atoms with E-state index in [0.717, 1.165) is 58.4 Å². The lowest BCUT2D eigenvalue weighted by molar-refractivity contribution is -0.133. The Hall–Kier alpha value is -1.14. The van der Waals surface area contributed by atoms with E-state index in [1.807, 2.05) is 0 Å². The molecule has 3 fully saturated rings. The molecule has 0 aromatic heterocycles. The molecule has 26 heavy (non-hydrogen) atoms. The maximum Gasteiger partial charge on any atom is 0.237 e. The summed E-state index contributed by atoms with van der Waals surface area (Å²) in [7, 11) is 1.72. The monoisotopic (exact) mass is 364 g/mol. The van der Waals surface area contributed by atoms with E-state index in [1.54, 1.807) is 7.05 Å². The van der Waals surface area contributed by atoms with E-state index < -0.39 is 0 Å². The second-order valence-corrected chi connectivity index (χ2v) is 8.19. The third-order valence-electron chi connectivity index (χ3n) is 6.49. The summed E-state index contributed by atoms with van der Waals surface area (Å²) in [5.74, 6) is 0.599. The van der Waals surface area contributed by atoms with Gasteiger partial charge in [0.2, 0.25) is 11.8 Å². The fraction of sp³-hybridized carbons (Fsp3) is 0.900. The highest BCUT2D eigenvalue weighted by molar-refractivity contribution is 5.85. The number of likely N-dealkylation sites (tertiary alicyclic amines) is 2. The van der Waals surface area contributed by atoms with Crippen molar-refractivity contribution in [3.8, 4) is 0 Å². The van der Waals surface area contributed by atoms with Crippen LogP contribution in [0, 0.1) is 5.92 Å². The van der Waals surface area contributed by atoms with Crippen LogP contribution in [-0.4, -0.2) is 73.5 Å². The van der Waals surface area contributed by atoms with Gasteiger partial charge >= 0.3 is 0 Å². The van der Waals surface area contributed by atoms with E-state index in [-0.39, 0.29) is 23.9 Å². The van der Waals surface area contributed by atoms with Crippen LogP contribution in [0.4, 0.5) is 0 Å². The van der Waals surface area contributed by atoms with Gasteiger partial charge in [0.05, 0.1) is 12.1 Å². The van der Waals surface area contributed by atoms with Crippen molar-refractivity contribution in [3.63, 3.8) is 0 Å². The van der Waals surface area contributed by atoms with Crippen LogP contribution in [0.2, 0.25) is 0 Å². The number of hydrogen-bond donors (Lipinski definition) is 2. The minimum atomic E-state index is -0.142. The number of likely N-dealkylation sites (N-methyl/N-ethyl adjacent to an activating group) is 1. The zero-order chi connectivity index (χ0) is 18.4. The van der Waals surface area contributed by atoms with Crippen LogP contribution in [0.25, 0.3) is 0 Å². The fourth-order valence-corrected chi connectivity index (χ4v) is 5.10. The van der Waals surface area contributed by atoms with Crippen molar-refractivity contribution in [2.24, 2.45) is 5.92 Å². The number of carbonyl (C=O) groups excluding carboxylic acids is 2. The smallest absolute Gasteiger partial charge is 0.237 e. The van der Waals surface area contributed by atoms with E-state index in [4.69, 9.17) is 0 Å². The van der Waals surface area contributed by atoms with Crippen LogP contribution in [-0.2, 0) is 9.59 Å². The Kier molecular flexibility index (Phi) is 7.32.